The molecule has 0 amide bonds. The van der Waals surface area contributed by atoms with Crippen molar-refractivity contribution in [1.82, 2.24) is 0 Å². The standard InChI is InChI=1S/C13H14O3/c14-9-10-3-1-5-12(7-10)16-13-6-2-4-11(15)8-13/h1,3,5,7,9,13H,2,4,6,8H2. The molecule has 2 rings (SSSR count). The highest BCUT2D eigenvalue weighted by molar-refractivity contribution is 5.79. The number of benzene rings is 1. The van der Waals surface area contributed by atoms with Crippen LogP contribution in [-0.2, 0) is 4.79 Å². The van der Waals surface area contributed by atoms with Gasteiger partial charge >= 0.3 is 0 Å². The Morgan fingerprint density at radius 1 is 1.38 bits per heavy atom. The van der Waals surface area contributed by atoms with Crippen LogP contribution < -0.4 is 4.74 Å². The minimum Gasteiger partial charge on any atom is -0.490 e. The fourth-order valence-electron chi connectivity index (χ4n) is 1.94. The Morgan fingerprint density at radius 3 is 3.00 bits per heavy atom. The Labute approximate surface area is 94.4 Å². The van der Waals surface area contributed by atoms with Gasteiger partial charge in [-0.05, 0) is 25.0 Å². The quantitative estimate of drug-likeness (QED) is 0.731. The van der Waals surface area contributed by atoms with Crippen molar-refractivity contribution in [2.24, 2.45) is 0 Å². The van der Waals surface area contributed by atoms with Crippen molar-refractivity contribution in [2.75, 3.05) is 0 Å². The maximum absolute atomic E-state index is 11.3. The molecule has 0 N–H and O–H groups in total. The molecule has 3 nitrogen and oxygen atoms in total. The zero-order chi connectivity index (χ0) is 11.4. The lowest BCUT2D eigenvalue weighted by Gasteiger charge is -2.22. The molecule has 16 heavy (non-hydrogen) atoms. The van der Waals surface area contributed by atoms with Crippen molar-refractivity contribution >= 4 is 12.1 Å². The Bertz CT molecular complexity index is 398. The highest BCUT2D eigenvalue weighted by Crippen LogP contribution is 2.21. The number of rotatable bonds is 3. The summed E-state index contributed by atoms with van der Waals surface area (Å²) in [6.07, 6.45) is 3.75. The molecule has 1 aromatic rings. The number of hydrogen-bond acceptors (Lipinski definition) is 3. The number of carbonyl (C=O) groups excluding carboxylic acids is 2. The molecule has 3 heteroatoms. The number of ketones is 1. The Balaban J connectivity index is 2.02. The summed E-state index contributed by atoms with van der Waals surface area (Å²) in [5.74, 6) is 0.937. The van der Waals surface area contributed by atoms with Gasteiger partial charge in [-0.2, -0.15) is 0 Å². The second-order valence-electron chi connectivity index (χ2n) is 4.07. The van der Waals surface area contributed by atoms with Gasteiger partial charge in [-0.3, -0.25) is 9.59 Å². The van der Waals surface area contributed by atoms with Crippen LogP contribution in [0, 0.1) is 0 Å². The first kappa shape index (κ1) is 10.9. The summed E-state index contributed by atoms with van der Waals surface area (Å²) in [5, 5.41) is 0. The molecule has 0 bridgehead atoms. The van der Waals surface area contributed by atoms with E-state index in [0.717, 1.165) is 19.1 Å². The predicted octanol–water partition coefficient (Wildman–Crippen LogP) is 2.39. The molecule has 1 aromatic carbocycles. The van der Waals surface area contributed by atoms with Crippen LogP contribution in [0.25, 0.3) is 0 Å². The summed E-state index contributed by atoms with van der Waals surface area (Å²) in [6.45, 7) is 0. The average molecular weight is 218 g/mol. The molecule has 1 unspecified atom stereocenters. The normalized spacial score (nSPS) is 20.5. The van der Waals surface area contributed by atoms with Crippen molar-refractivity contribution in [1.29, 1.82) is 0 Å². The van der Waals surface area contributed by atoms with E-state index in [1.54, 1.807) is 18.2 Å². The van der Waals surface area contributed by atoms with Crippen LogP contribution >= 0.6 is 0 Å². The molecule has 1 saturated carbocycles. The first-order valence-electron chi connectivity index (χ1n) is 5.51. The zero-order valence-corrected chi connectivity index (χ0v) is 9.02. The monoisotopic (exact) mass is 218 g/mol. The minimum absolute atomic E-state index is 0.0249. The molecule has 0 radical (unpaired) electrons. The fourth-order valence-corrected chi connectivity index (χ4v) is 1.94. The van der Waals surface area contributed by atoms with Crippen molar-refractivity contribution in [2.45, 2.75) is 31.8 Å². The van der Waals surface area contributed by atoms with Crippen molar-refractivity contribution in [3.8, 4) is 5.75 Å². The highest BCUT2D eigenvalue weighted by atomic mass is 16.5. The third-order valence-electron chi connectivity index (χ3n) is 2.73. The Kier molecular flexibility index (Phi) is 3.34. The summed E-state index contributed by atoms with van der Waals surface area (Å²) < 4.78 is 5.69. The number of ether oxygens (including phenoxy) is 1. The molecule has 1 fully saturated rings. The minimum atomic E-state index is -0.0249. The van der Waals surface area contributed by atoms with Crippen LogP contribution in [0.2, 0.25) is 0 Å². The molecule has 84 valence electrons. The number of Topliss-reactive ketones (excluding diaryl/α,β-unsaturated/α-hetero) is 1. The summed E-state index contributed by atoms with van der Waals surface area (Å²) in [7, 11) is 0. The molecule has 0 saturated heterocycles. The van der Waals surface area contributed by atoms with Gasteiger partial charge in [-0.15, -0.1) is 0 Å². The van der Waals surface area contributed by atoms with E-state index < -0.39 is 0 Å². The molecule has 1 aliphatic carbocycles. The molecule has 1 atom stereocenters. The van der Waals surface area contributed by atoms with E-state index in [-0.39, 0.29) is 11.9 Å². The van der Waals surface area contributed by atoms with Gasteiger partial charge in [0.15, 0.2) is 0 Å². The third kappa shape index (κ3) is 2.69. The predicted molar refractivity (Wildman–Crippen MR) is 59.7 cm³/mol. The summed E-state index contributed by atoms with van der Waals surface area (Å²) >= 11 is 0. The zero-order valence-electron chi connectivity index (χ0n) is 9.02. The number of aldehydes is 1. The maximum atomic E-state index is 11.3. The number of hydrogen-bond donors (Lipinski definition) is 0. The Morgan fingerprint density at radius 2 is 2.25 bits per heavy atom. The molecule has 1 aliphatic rings. The second kappa shape index (κ2) is 4.92. The van der Waals surface area contributed by atoms with E-state index in [9.17, 15) is 9.59 Å². The van der Waals surface area contributed by atoms with Crippen molar-refractivity contribution in [3.63, 3.8) is 0 Å². The van der Waals surface area contributed by atoms with E-state index in [4.69, 9.17) is 4.74 Å². The first-order chi connectivity index (χ1) is 7.78. The van der Waals surface area contributed by atoms with Crippen molar-refractivity contribution < 1.29 is 14.3 Å². The van der Waals surface area contributed by atoms with E-state index in [0.29, 0.717) is 24.2 Å². The molecule has 0 spiro atoms. The van der Waals surface area contributed by atoms with E-state index in [2.05, 4.69) is 0 Å². The van der Waals surface area contributed by atoms with Crippen LogP contribution in [0.15, 0.2) is 24.3 Å². The first-order valence-corrected chi connectivity index (χ1v) is 5.51. The van der Waals surface area contributed by atoms with Gasteiger partial charge in [0, 0.05) is 18.4 Å². The summed E-state index contributed by atoms with van der Waals surface area (Å²) in [6, 6.07) is 7.02. The van der Waals surface area contributed by atoms with E-state index in [1.165, 1.54) is 0 Å². The van der Waals surface area contributed by atoms with Crippen LogP contribution in [0.3, 0.4) is 0 Å². The van der Waals surface area contributed by atoms with Gasteiger partial charge in [0.2, 0.25) is 0 Å². The fraction of sp³-hybridized carbons (Fsp3) is 0.385. The van der Waals surface area contributed by atoms with Gasteiger partial charge in [-0.25, -0.2) is 0 Å². The smallest absolute Gasteiger partial charge is 0.150 e. The lowest BCUT2D eigenvalue weighted by Crippen LogP contribution is -2.25. The highest BCUT2D eigenvalue weighted by Gasteiger charge is 2.20. The molecule has 0 aliphatic heterocycles. The summed E-state index contributed by atoms with van der Waals surface area (Å²) in [4.78, 5) is 21.8. The van der Waals surface area contributed by atoms with Crippen molar-refractivity contribution in [3.05, 3.63) is 29.8 Å². The van der Waals surface area contributed by atoms with Gasteiger partial charge in [0.05, 0.1) is 0 Å². The maximum Gasteiger partial charge on any atom is 0.150 e. The summed E-state index contributed by atoms with van der Waals surface area (Å²) in [5.41, 5.74) is 0.597. The van der Waals surface area contributed by atoms with Crippen LogP contribution in [0.1, 0.15) is 36.0 Å². The topological polar surface area (TPSA) is 43.4 Å². The second-order valence-corrected chi connectivity index (χ2v) is 4.07. The van der Waals surface area contributed by atoms with Gasteiger partial charge in [0.1, 0.15) is 23.9 Å². The third-order valence-corrected chi connectivity index (χ3v) is 2.73. The molecule has 0 heterocycles. The van der Waals surface area contributed by atoms with Gasteiger partial charge < -0.3 is 4.74 Å². The molecule has 0 aromatic heterocycles. The van der Waals surface area contributed by atoms with Crippen LogP contribution in [0.4, 0.5) is 0 Å². The molecular formula is C13H14O3. The van der Waals surface area contributed by atoms with E-state index >= 15 is 0 Å². The van der Waals surface area contributed by atoms with Gasteiger partial charge in [0.25, 0.3) is 0 Å². The van der Waals surface area contributed by atoms with Gasteiger partial charge in [-0.1, -0.05) is 12.1 Å². The lowest BCUT2D eigenvalue weighted by atomic mass is 9.96. The Hall–Kier alpha value is -1.64. The number of carbonyl (C=O) groups is 2. The van der Waals surface area contributed by atoms with Crippen LogP contribution in [-0.4, -0.2) is 18.2 Å². The van der Waals surface area contributed by atoms with Crippen LogP contribution in [0.5, 0.6) is 5.75 Å². The lowest BCUT2D eigenvalue weighted by molar-refractivity contribution is -0.122. The average Bonchev–Trinajstić information content (AvgIpc) is 2.29. The van der Waals surface area contributed by atoms with E-state index in [1.807, 2.05) is 6.07 Å². The SMILES string of the molecule is O=Cc1cccc(OC2CCCC(=O)C2)c1. The molecular weight excluding hydrogens is 204 g/mol. The largest absolute Gasteiger partial charge is 0.490 e.